The van der Waals surface area contributed by atoms with Crippen molar-refractivity contribution < 1.29 is 14.4 Å². The van der Waals surface area contributed by atoms with Gasteiger partial charge in [0.2, 0.25) is 0 Å². The Hall–Kier alpha value is -0.845. The highest BCUT2D eigenvalue weighted by Crippen LogP contribution is 2.38. The van der Waals surface area contributed by atoms with Crippen LogP contribution in [0.1, 0.15) is 41.5 Å². The number of hydrogen-bond donors (Lipinski definition) is 2. The summed E-state index contributed by atoms with van der Waals surface area (Å²) in [5, 5.41) is 9.18. The van der Waals surface area contributed by atoms with E-state index in [2.05, 4.69) is 4.99 Å². The summed E-state index contributed by atoms with van der Waals surface area (Å²) >= 11 is 0. The number of aliphatic hydroxyl groups excluding tert-OH is 1. The number of hydrogen-bond acceptors (Lipinski definition) is 5. The summed E-state index contributed by atoms with van der Waals surface area (Å²) in [5.41, 5.74) is 4.91. The number of nitrogens with two attached hydrogens (primary N) is 1. The highest BCUT2D eigenvalue weighted by atomic mass is 16.7. The van der Waals surface area contributed by atoms with Crippen LogP contribution in [0.25, 0.3) is 0 Å². The molecule has 0 unspecified atom stereocenters. The van der Waals surface area contributed by atoms with E-state index in [4.69, 9.17) is 15.0 Å². The summed E-state index contributed by atoms with van der Waals surface area (Å²) in [6.45, 7) is 11.6. The van der Waals surface area contributed by atoms with Crippen molar-refractivity contribution in [2.24, 2.45) is 10.7 Å². The molecule has 19 heavy (non-hydrogen) atoms. The van der Waals surface area contributed by atoms with Gasteiger partial charge in [0.05, 0.1) is 23.3 Å². The van der Waals surface area contributed by atoms with E-state index >= 15 is 0 Å². The molecule has 0 radical (unpaired) electrons. The molecule has 3 N–H and O–H groups in total. The van der Waals surface area contributed by atoms with Gasteiger partial charge in [-0.3, -0.25) is 4.99 Å². The van der Waals surface area contributed by atoms with Gasteiger partial charge >= 0.3 is 7.12 Å². The van der Waals surface area contributed by atoms with Crippen LogP contribution in [0.2, 0.25) is 0 Å². The Labute approximate surface area is 116 Å². The Morgan fingerprint density at radius 3 is 2.11 bits per heavy atom. The van der Waals surface area contributed by atoms with Crippen molar-refractivity contribution in [1.82, 2.24) is 0 Å². The van der Waals surface area contributed by atoms with Crippen LogP contribution in [0, 0.1) is 0 Å². The van der Waals surface area contributed by atoms with Crippen molar-refractivity contribution in [3.8, 4) is 0 Å². The Balaban J connectivity index is 2.86. The first-order valence-corrected chi connectivity index (χ1v) is 6.48. The summed E-state index contributed by atoms with van der Waals surface area (Å²) in [5.74, 6) is 0. The molecule has 0 aromatic rings. The zero-order chi connectivity index (χ0) is 14.9. The van der Waals surface area contributed by atoms with E-state index in [1.807, 2.05) is 41.5 Å². The molecule has 0 spiro atoms. The zero-order valence-electron chi connectivity index (χ0n) is 12.7. The molecule has 0 aliphatic carbocycles. The fraction of sp³-hybridized carbons (Fsp3) is 0.769. The average molecular weight is 268 g/mol. The topological polar surface area (TPSA) is 77.1 Å². The van der Waals surface area contributed by atoms with Crippen molar-refractivity contribution in [3.63, 3.8) is 0 Å². The van der Waals surface area contributed by atoms with Crippen LogP contribution in [0.3, 0.4) is 0 Å². The quantitative estimate of drug-likeness (QED) is 0.595. The molecule has 0 atom stereocenters. The van der Waals surface area contributed by atoms with Gasteiger partial charge in [-0.05, 0) is 47.7 Å². The molecule has 0 amide bonds. The highest BCUT2D eigenvalue weighted by Gasteiger charge is 2.52. The fourth-order valence-electron chi connectivity index (χ4n) is 1.45. The van der Waals surface area contributed by atoms with Crippen molar-refractivity contribution in [2.45, 2.75) is 58.3 Å². The third-order valence-corrected chi connectivity index (χ3v) is 3.67. The number of rotatable bonds is 4. The first-order valence-electron chi connectivity index (χ1n) is 6.48. The summed E-state index contributed by atoms with van der Waals surface area (Å²) in [6.07, 6.45) is 3.04. The van der Waals surface area contributed by atoms with E-state index in [1.165, 1.54) is 6.20 Å². The van der Waals surface area contributed by atoms with E-state index in [9.17, 15) is 5.11 Å². The normalized spacial score (nSPS) is 23.3. The number of nitrogens with zero attached hydrogens (tertiary/aromatic N) is 1. The minimum absolute atomic E-state index is 0.0370. The van der Waals surface area contributed by atoms with Gasteiger partial charge in [-0.25, -0.2) is 0 Å². The Bertz CT molecular complexity index is 373. The SMILES string of the molecule is CC(C)(CO)N=CC(=CN)B1OC(C)(C)C(C)(C)O1. The Morgan fingerprint density at radius 2 is 1.74 bits per heavy atom. The standard InChI is InChI=1S/C13H25BN2O3/c1-11(2,9-17)16-8-10(7-15)14-18-12(3,4)13(5,6)19-14/h7-8,17H,9,15H2,1-6H3. The van der Waals surface area contributed by atoms with E-state index in [0.717, 1.165) is 0 Å². The first kappa shape index (κ1) is 16.2. The van der Waals surface area contributed by atoms with Gasteiger partial charge in [0.15, 0.2) is 0 Å². The summed E-state index contributed by atoms with van der Waals surface area (Å²) in [6, 6.07) is 0. The minimum Gasteiger partial charge on any atom is -0.405 e. The predicted molar refractivity (Wildman–Crippen MR) is 78.0 cm³/mol. The van der Waals surface area contributed by atoms with Crippen molar-refractivity contribution >= 4 is 13.3 Å². The zero-order valence-corrected chi connectivity index (χ0v) is 12.7. The molecule has 1 fully saturated rings. The van der Waals surface area contributed by atoms with Crippen LogP contribution in [-0.4, -0.2) is 41.8 Å². The lowest BCUT2D eigenvalue weighted by Crippen LogP contribution is -2.41. The van der Waals surface area contributed by atoms with E-state index < -0.39 is 23.9 Å². The predicted octanol–water partition coefficient (Wildman–Crippen LogP) is 1.30. The van der Waals surface area contributed by atoms with Gasteiger partial charge in [-0.1, -0.05) is 0 Å². The summed E-state index contributed by atoms with van der Waals surface area (Å²) in [4.78, 5) is 4.30. The van der Waals surface area contributed by atoms with Gasteiger partial charge in [0.25, 0.3) is 0 Å². The van der Waals surface area contributed by atoms with E-state index in [0.29, 0.717) is 5.47 Å². The Kier molecular flexibility index (Phi) is 4.49. The van der Waals surface area contributed by atoms with Gasteiger partial charge in [0.1, 0.15) is 0 Å². The molecule has 1 rings (SSSR count). The molecule has 5 nitrogen and oxygen atoms in total. The third kappa shape index (κ3) is 3.58. The smallest absolute Gasteiger partial charge is 0.405 e. The van der Waals surface area contributed by atoms with Gasteiger partial charge in [0, 0.05) is 11.7 Å². The van der Waals surface area contributed by atoms with E-state index in [-0.39, 0.29) is 6.61 Å². The van der Waals surface area contributed by atoms with Crippen LogP contribution in [0.5, 0.6) is 0 Å². The number of aliphatic imine (C=N–C) groups is 1. The first-order chi connectivity index (χ1) is 8.54. The van der Waals surface area contributed by atoms with Crippen LogP contribution in [-0.2, 0) is 9.31 Å². The molecule has 108 valence electrons. The molecule has 6 heteroatoms. The Morgan fingerprint density at radius 1 is 1.26 bits per heavy atom. The average Bonchev–Trinajstić information content (AvgIpc) is 2.49. The molecule has 1 saturated heterocycles. The molecule has 0 bridgehead atoms. The summed E-state index contributed by atoms with van der Waals surface area (Å²) < 4.78 is 11.8. The van der Waals surface area contributed by atoms with Gasteiger partial charge in [-0.2, -0.15) is 0 Å². The third-order valence-electron chi connectivity index (χ3n) is 3.67. The van der Waals surface area contributed by atoms with Crippen LogP contribution in [0.4, 0.5) is 0 Å². The van der Waals surface area contributed by atoms with Crippen molar-refractivity contribution in [2.75, 3.05) is 6.61 Å². The van der Waals surface area contributed by atoms with Crippen molar-refractivity contribution in [3.05, 3.63) is 11.7 Å². The molecule has 0 aromatic heterocycles. The minimum atomic E-state index is -0.544. The molecular formula is C13H25BN2O3. The van der Waals surface area contributed by atoms with Gasteiger partial charge in [-0.15, -0.1) is 0 Å². The maximum absolute atomic E-state index is 9.18. The molecule has 1 aliphatic rings. The number of aliphatic hydroxyl groups is 1. The largest absolute Gasteiger partial charge is 0.497 e. The second kappa shape index (κ2) is 5.27. The lowest BCUT2D eigenvalue weighted by molar-refractivity contribution is 0.00578. The maximum atomic E-state index is 9.18. The number of allylic oxidation sites excluding steroid dienone is 1. The lowest BCUT2D eigenvalue weighted by atomic mass is 9.79. The lowest BCUT2D eigenvalue weighted by Gasteiger charge is -2.32. The maximum Gasteiger partial charge on any atom is 0.497 e. The summed E-state index contributed by atoms with van der Waals surface area (Å²) in [7, 11) is -0.534. The molecule has 0 aromatic carbocycles. The molecular weight excluding hydrogens is 243 g/mol. The van der Waals surface area contributed by atoms with Crippen LogP contribution >= 0.6 is 0 Å². The monoisotopic (exact) mass is 268 g/mol. The second-order valence-corrected chi connectivity index (χ2v) is 6.48. The fourth-order valence-corrected chi connectivity index (χ4v) is 1.45. The molecule has 0 saturated carbocycles. The van der Waals surface area contributed by atoms with Crippen LogP contribution in [0.15, 0.2) is 16.7 Å². The molecule has 1 aliphatic heterocycles. The van der Waals surface area contributed by atoms with Crippen molar-refractivity contribution in [1.29, 1.82) is 0 Å². The molecule has 1 heterocycles. The second-order valence-electron chi connectivity index (χ2n) is 6.48. The van der Waals surface area contributed by atoms with Gasteiger partial charge < -0.3 is 20.1 Å². The van der Waals surface area contributed by atoms with Crippen LogP contribution < -0.4 is 5.73 Å². The highest BCUT2D eigenvalue weighted by molar-refractivity contribution is 6.60. The van der Waals surface area contributed by atoms with E-state index in [1.54, 1.807) is 6.21 Å².